The molecule has 0 spiro atoms. The van der Waals surface area contributed by atoms with Crippen molar-refractivity contribution >= 4 is 10.8 Å². The van der Waals surface area contributed by atoms with Crippen molar-refractivity contribution in [3.63, 3.8) is 0 Å². The van der Waals surface area contributed by atoms with Crippen LogP contribution in [0.2, 0.25) is 0 Å². The van der Waals surface area contributed by atoms with Crippen LogP contribution in [0.15, 0.2) is 18.5 Å². The molecule has 0 unspecified atom stereocenters. The maximum atomic E-state index is 4.13. The number of hydrogen-bond acceptors (Lipinski definition) is 1. The second kappa shape index (κ2) is 1.07. The fourth-order valence-corrected chi connectivity index (χ4v) is 2.28. The van der Waals surface area contributed by atoms with E-state index in [0.29, 0.717) is 0 Å². The molecule has 0 saturated carbocycles. The highest BCUT2D eigenvalue weighted by Gasteiger charge is 2.41. The zero-order valence-electron chi connectivity index (χ0n) is 5.89. The lowest BCUT2D eigenvalue weighted by Gasteiger charge is -2.04. The van der Waals surface area contributed by atoms with E-state index in [1.807, 2.05) is 12.4 Å². The molecule has 3 aliphatic rings. The van der Waals surface area contributed by atoms with Crippen molar-refractivity contribution in [3.05, 3.63) is 29.6 Å². The van der Waals surface area contributed by atoms with E-state index < -0.39 is 0 Å². The van der Waals surface area contributed by atoms with E-state index in [1.54, 1.807) is 16.7 Å². The van der Waals surface area contributed by atoms with Gasteiger partial charge in [0.05, 0.1) is 0 Å². The third-order valence-electron chi connectivity index (χ3n) is 2.86. The fraction of sp³-hybridized carbons (Fsp3) is 0.100. The molecular formula is C10H5N. The summed E-state index contributed by atoms with van der Waals surface area (Å²) in [6.07, 6.45) is 5.11. The lowest BCUT2D eigenvalue weighted by atomic mass is 10.0. The van der Waals surface area contributed by atoms with Crippen LogP contribution in [0.3, 0.4) is 0 Å². The molecule has 1 heteroatoms. The third kappa shape index (κ3) is 0.299. The summed E-state index contributed by atoms with van der Waals surface area (Å²) in [5.41, 5.74) is 6.30. The van der Waals surface area contributed by atoms with Gasteiger partial charge >= 0.3 is 0 Å². The van der Waals surface area contributed by atoms with E-state index in [9.17, 15) is 0 Å². The molecule has 4 rings (SSSR count). The van der Waals surface area contributed by atoms with Crippen LogP contribution in [-0.4, -0.2) is 4.98 Å². The summed E-state index contributed by atoms with van der Waals surface area (Å²) in [7, 11) is 0. The van der Waals surface area contributed by atoms with E-state index in [0.717, 1.165) is 0 Å². The second-order valence-electron chi connectivity index (χ2n) is 3.31. The number of fused-ring (bicyclic) bond motifs is 4. The topological polar surface area (TPSA) is 12.9 Å². The molecule has 1 heterocycles. The molecule has 3 aliphatic carbocycles. The van der Waals surface area contributed by atoms with Gasteiger partial charge in [-0.25, -0.2) is 0 Å². The summed E-state index contributed by atoms with van der Waals surface area (Å²) in [5, 5.41) is 2.83. The standard InChI is InChI=1S/C10H5N/c1-2-11-4-8-5(1)6-3-7-9(6)10(7)8/h1-2,4H,3H2. The van der Waals surface area contributed by atoms with E-state index in [-0.39, 0.29) is 0 Å². The van der Waals surface area contributed by atoms with Crippen LogP contribution in [0.1, 0.15) is 11.1 Å². The van der Waals surface area contributed by atoms with Crippen molar-refractivity contribution in [2.45, 2.75) is 6.42 Å². The first-order valence-electron chi connectivity index (χ1n) is 3.88. The van der Waals surface area contributed by atoms with Crippen molar-refractivity contribution in [2.24, 2.45) is 0 Å². The van der Waals surface area contributed by atoms with Crippen LogP contribution in [0, 0.1) is 0 Å². The van der Waals surface area contributed by atoms with E-state index in [4.69, 9.17) is 0 Å². The molecule has 1 nitrogen and oxygen atoms in total. The monoisotopic (exact) mass is 139 g/mol. The Hall–Kier alpha value is -1.37. The number of hydrogen-bond donors (Lipinski definition) is 0. The maximum absolute atomic E-state index is 4.13. The Morgan fingerprint density at radius 1 is 1.09 bits per heavy atom. The summed E-state index contributed by atoms with van der Waals surface area (Å²) in [5.74, 6) is 0. The molecule has 11 heavy (non-hydrogen) atoms. The SMILES string of the molecule is c1cc2c3c4c(c-4c2cn1)C3. The minimum atomic E-state index is 1.24. The smallest absolute Gasteiger partial charge is 0.0352 e. The van der Waals surface area contributed by atoms with Gasteiger partial charge < -0.3 is 0 Å². The van der Waals surface area contributed by atoms with Crippen LogP contribution in [0.25, 0.3) is 21.9 Å². The molecule has 0 N–H and O–H groups in total. The highest BCUT2D eigenvalue weighted by Crippen LogP contribution is 2.61. The maximum Gasteiger partial charge on any atom is 0.0352 e. The summed E-state index contributed by atoms with van der Waals surface area (Å²) in [6.45, 7) is 0. The fourth-order valence-electron chi connectivity index (χ4n) is 2.28. The molecule has 0 amide bonds. The van der Waals surface area contributed by atoms with Crippen molar-refractivity contribution < 1.29 is 0 Å². The highest BCUT2D eigenvalue weighted by molar-refractivity contribution is 6.20. The first-order valence-corrected chi connectivity index (χ1v) is 3.88. The number of nitrogens with zero attached hydrogens (tertiary/aromatic N) is 1. The van der Waals surface area contributed by atoms with Gasteiger partial charge in [0.15, 0.2) is 0 Å². The first-order chi connectivity index (χ1) is 5.47. The van der Waals surface area contributed by atoms with Gasteiger partial charge in [-0.2, -0.15) is 0 Å². The van der Waals surface area contributed by atoms with Gasteiger partial charge in [0.1, 0.15) is 0 Å². The number of benzene rings is 1. The molecule has 50 valence electrons. The van der Waals surface area contributed by atoms with Crippen molar-refractivity contribution in [1.29, 1.82) is 0 Å². The molecule has 0 fully saturated rings. The summed E-state index contributed by atoms with van der Waals surface area (Å²) in [4.78, 5) is 4.13. The van der Waals surface area contributed by atoms with Crippen molar-refractivity contribution in [2.75, 3.05) is 0 Å². The molecule has 0 radical (unpaired) electrons. The zero-order valence-corrected chi connectivity index (χ0v) is 5.89. The van der Waals surface area contributed by atoms with Gasteiger partial charge in [-0.15, -0.1) is 0 Å². The predicted molar refractivity (Wildman–Crippen MR) is 43.5 cm³/mol. The van der Waals surface area contributed by atoms with Crippen LogP contribution < -0.4 is 0 Å². The van der Waals surface area contributed by atoms with Gasteiger partial charge in [0.2, 0.25) is 0 Å². The molecular weight excluding hydrogens is 134 g/mol. The predicted octanol–water partition coefficient (Wildman–Crippen LogP) is 2.12. The lowest BCUT2D eigenvalue weighted by Crippen LogP contribution is -1.88. The number of rotatable bonds is 0. The van der Waals surface area contributed by atoms with Gasteiger partial charge in [-0.05, 0) is 40.1 Å². The molecule has 1 aromatic rings. The van der Waals surface area contributed by atoms with Gasteiger partial charge in [0, 0.05) is 17.8 Å². The van der Waals surface area contributed by atoms with Crippen LogP contribution in [-0.2, 0) is 6.42 Å². The Kier molecular flexibility index (Phi) is 0.439. The largest absolute Gasteiger partial charge is 0.264 e. The average Bonchev–Trinajstić information content (AvgIpc) is 2.49. The van der Waals surface area contributed by atoms with Crippen LogP contribution in [0.5, 0.6) is 0 Å². The normalized spacial score (nSPS) is 14.9. The Balaban J connectivity index is 2.43. The Labute approximate surface area is 63.7 Å². The van der Waals surface area contributed by atoms with E-state index in [2.05, 4.69) is 11.1 Å². The van der Waals surface area contributed by atoms with Gasteiger partial charge in [-0.3, -0.25) is 4.98 Å². The molecule has 1 aromatic heterocycles. The lowest BCUT2D eigenvalue weighted by molar-refractivity contribution is 1.24. The Bertz CT molecular complexity index is 512. The molecule has 0 aliphatic heterocycles. The third-order valence-corrected chi connectivity index (χ3v) is 2.86. The molecule has 0 bridgehead atoms. The summed E-state index contributed by atoms with van der Waals surface area (Å²) >= 11 is 0. The highest BCUT2D eigenvalue weighted by atomic mass is 14.6. The van der Waals surface area contributed by atoms with Crippen LogP contribution in [0.4, 0.5) is 0 Å². The van der Waals surface area contributed by atoms with Crippen LogP contribution >= 0.6 is 0 Å². The summed E-state index contributed by atoms with van der Waals surface area (Å²) < 4.78 is 0. The number of aromatic nitrogens is 1. The van der Waals surface area contributed by atoms with E-state index >= 15 is 0 Å². The van der Waals surface area contributed by atoms with Crippen molar-refractivity contribution in [1.82, 2.24) is 4.98 Å². The summed E-state index contributed by atoms with van der Waals surface area (Å²) in [6, 6.07) is 2.13. The quantitative estimate of drug-likeness (QED) is 0.363. The minimum absolute atomic E-state index is 1.24. The van der Waals surface area contributed by atoms with E-state index in [1.165, 1.54) is 22.8 Å². The molecule has 0 aromatic carbocycles. The zero-order chi connectivity index (χ0) is 7.00. The van der Waals surface area contributed by atoms with Crippen molar-refractivity contribution in [3.8, 4) is 11.1 Å². The Morgan fingerprint density at radius 2 is 2.09 bits per heavy atom. The number of pyridine rings is 1. The van der Waals surface area contributed by atoms with Gasteiger partial charge in [0.25, 0.3) is 0 Å². The molecule has 0 atom stereocenters. The minimum Gasteiger partial charge on any atom is -0.264 e. The average molecular weight is 139 g/mol. The Morgan fingerprint density at radius 3 is 3.00 bits per heavy atom. The second-order valence-corrected chi connectivity index (χ2v) is 3.31. The first kappa shape index (κ1) is 4.50. The molecule has 0 saturated heterocycles. The van der Waals surface area contributed by atoms with Gasteiger partial charge in [-0.1, -0.05) is 0 Å².